The normalized spacial score (nSPS) is 19.4. The summed E-state index contributed by atoms with van der Waals surface area (Å²) in [5.41, 5.74) is 0.917. The van der Waals surface area contributed by atoms with Gasteiger partial charge >= 0.3 is 5.97 Å². The van der Waals surface area contributed by atoms with Gasteiger partial charge in [0.2, 0.25) is 5.91 Å². The lowest BCUT2D eigenvalue weighted by atomic mass is 9.89. The minimum atomic E-state index is -0.875. The number of aliphatic carboxylic acids is 1. The molecule has 6 nitrogen and oxygen atoms in total. The molecule has 1 fully saturated rings. The van der Waals surface area contributed by atoms with Crippen LogP contribution in [0.25, 0.3) is 0 Å². The van der Waals surface area contributed by atoms with Crippen LogP contribution in [0.15, 0.2) is 42.5 Å². The molecule has 0 saturated heterocycles. The summed E-state index contributed by atoms with van der Waals surface area (Å²) in [4.78, 5) is 35.8. The lowest BCUT2D eigenvalue weighted by Crippen LogP contribution is -2.29. The van der Waals surface area contributed by atoms with Gasteiger partial charge in [0, 0.05) is 31.2 Å². The van der Waals surface area contributed by atoms with E-state index >= 15 is 0 Å². The molecule has 3 N–H and O–H groups in total. The monoisotopic (exact) mass is 499 g/mol. The number of Topliss-reactive ketones (excluding diaryl/α,β-unsaturated/α-hetero) is 1. The molecule has 1 aliphatic carbocycles. The molecule has 0 unspecified atom stereocenters. The molecule has 200 valence electrons. The molecule has 0 heterocycles. The number of aliphatic hydroxyl groups is 1. The average molecular weight is 500 g/mol. The smallest absolute Gasteiger partial charge is 0.304 e. The van der Waals surface area contributed by atoms with Crippen LogP contribution in [0.4, 0.5) is 0 Å². The Morgan fingerprint density at radius 2 is 1.83 bits per heavy atom. The first kappa shape index (κ1) is 29.8. The van der Waals surface area contributed by atoms with Gasteiger partial charge in [-0.1, -0.05) is 87.9 Å². The van der Waals surface area contributed by atoms with E-state index in [1.807, 2.05) is 36.4 Å². The number of nitrogens with one attached hydrogen (secondary N) is 1. The van der Waals surface area contributed by atoms with Gasteiger partial charge in [-0.2, -0.15) is 0 Å². The van der Waals surface area contributed by atoms with Gasteiger partial charge in [0.1, 0.15) is 5.78 Å². The third kappa shape index (κ3) is 11.5. The Balaban J connectivity index is 1.63. The first-order valence-electron chi connectivity index (χ1n) is 13.8. The fourth-order valence-electron chi connectivity index (χ4n) is 5.08. The number of ketones is 1. The van der Waals surface area contributed by atoms with Crippen LogP contribution in [0.2, 0.25) is 0 Å². The van der Waals surface area contributed by atoms with Crippen LogP contribution in [0.1, 0.15) is 102 Å². The van der Waals surface area contributed by atoms with Gasteiger partial charge in [0.15, 0.2) is 0 Å². The van der Waals surface area contributed by atoms with Crippen molar-refractivity contribution in [1.29, 1.82) is 0 Å². The number of allylic oxidation sites excluding steroid dienone is 1. The van der Waals surface area contributed by atoms with E-state index in [4.69, 9.17) is 0 Å². The average Bonchev–Trinajstić information content (AvgIpc) is 3.22. The predicted octanol–water partition coefficient (Wildman–Crippen LogP) is 5.79. The van der Waals surface area contributed by atoms with Gasteiger partial charge in [0.25, 0.3) is 0 Å². The van der Waals surface area contributed by atoms with Crippen LogP contribution in [0.5, 0.6) is 0 Å². The summed E-state index contributed by atoms with van der Waals surface area (Å²) >= 11 is 0. The highest BCUT2D eigenvalue weighted by molar-refractivity contribution is 5.83. The highest BCUT2D eigenvalue weighted by atomic mass is 16.4. The standard InChI is InChI=1S/C30H45NO5/c1-2-3-7-14-26(32)19-17-24-18-20-28(33)27(24)15-10-4-5-11-16-29(34)31-22-25(21-30(35)36)23-12-8-6-9-13-23/h6,8-9,12-13,17,19,24-27,32H,2-5,7,10-11,14-16,18,20-22H2,1H3,(H,31,34)(H,35,36)/t24-,25-,26+,27-/m1/s1. The summed E-state index contributed by atoms with van der Waals surface area (Å²) in [6.45, 7) is 2.47. The van der Waals surface area contributed by atoms with Crippen LogP contribution < -0.4 is 5.32 Å². The Hall–Kier alpha value is -2.47. The number of carbonyl (C=O) groups excluding carboxylic acids is 2. The minimum absolute atomic E-state index is 0.0157. The lowest BCUT2D eigenvalue weighted by Gasteiger charge is -2.16. The minimum Gasteiger partial charge on any atom is -0.481 e. The van der Waals surface area contributed by atoms with Crippen molar-refractivity contribution >= 4 is 17.7 Å². The molecule has 1 aromatic rings. The Kier molecular flexibility index (Phi) is 14.1. The Morgan fingerprint density at radius 3 is 2.56 bits per heavy atom. The molecule has 36 heavy (non-hydrogen) atoms. The van der Waals surface area contributed by atoms with Crippen molar-refractivity contribution in [3.05, 3.63) is 48.0 Å². The molecule has 0 aromatic heterocycles. The molecule has 1 saturated carbocycles. The van der Waals surface area contributed by atoms with Crippen LogP contribution in [0, 0.1) is 11.8 Å². The fourth-order valence-corrected chi connectivity index (χ4v) is 5.08. The molecular weight excluding hydrogens is 454 g/mol. The van der Waals surface area contributed by atoms with E-state index in [9.17, 15) is 24.6 Å². The van der Waals surface area contributed by atoms with E-state index < -0.39 is 12.1 Å². The van der Waals surface area contributed by atoms with Crippen LogP contribution >= 0.6 is 0 Å². The molecule has 2 rings (SSSR count). The van der Waals surface area contributed by atoms with Crippen LogP contribution in [-0.2, 0) is 14.4 Å². The number of hydrogen-bond acceptors (Lipinski definition) is 4. The molecule has 0 aliphatic heterocycles. The second-order valence-electron chi connectivity index (χ2n) is 10.2. The van der Waals surface area contributed by atoms with E-state index in [0.29, 0.717) is 25.2 Å². The van der Waals surface area contributed by atoms with E-state index in [1.54, 1.807) is 0 Å². The molecule has 4 atom stereocenters. The number of carboxylic acids is 1. The van der Waals surface area contributed by atoms with E-state index in [2.05, 4.69) is 18.3 Å². The molecule has 0 radical (unpaired) electrons. The number of carboxylic acid groups (broad SMARTS) is 1. The second-order valence-corrected chi connectivity index (χ2v) is 10.2. The Labute approximate surface area is 216 Å². The van der Waals surface area contributed by atoms with Crippen molar-refractivity contribution < 1.29 is 24.6 Å². The van der Waals surface area contributed by atoms with Gasteiger partial charge in [0.05, 0.1) is 12.5 Å². The van der Waals surface area contributed by atoms with Crippen molar-refractivity contribution in [1.82, 2.24) is 5.32 Å². The largest absolute Gasteiger partial charge is 0.481 e. The topological polar surface area (TPSA) is 104 Å². The zero-order valence-electron chi connectivity index (χ0n) is 21.9. The summed E-state index contributed by atoms with van der Waals surface area (Å²) in [5, 5.41) is 22.2. The zero-order chi connectivity index (χ0) is 26.2. The summed E-state index contributed by atoms with van der Waals surface area (Å²) in [6.07, 6.45) is 14.1. The number of aliphatic hydroxyl groups excluding tert-OH is 1. The van der Waals surface area contributed by atoms with Crippen LogP contribution in [0.3, 0.4) is 0 Å². The van der Waals surface area contributed by atoms with E-state index in [-0.39, 0.29) is 30.1 Å². The van der Waals surface area contributed by atoms with E-state index in [0.717, 1.165) is 69.8 Å². The molecular formula is C30H45NO5. The molecule has 6 heteroatoms. The summed E-state index contributed by atoms with van der Waals surface area (Å²) in [7, 11) is 0. The molecule has 1 amide bonds. The van der Waals surface area contributed by atoms with Crippen molar-refractivity contribution in [2.75, 3.05) is 6.54 Å². The van der Waals surface area contributed by atoms with Crippen molar-refractivity contribution in [2.45, 2.75) is 102 Å². The summed E-state index contributed by atoms with van der Waals surface area (Å²) in [6, 6.07) is 9.43. The maximum Gasteiger partial charge on any atom is 0.304 e. The molecule has 0 bridgehead atoms. The maximum atomic E-state index is 12.4. The number of unbranched alkanes of at least 4 members (excludes halogenated alkanes) is 5. The number of rotatable bonds is 18. The Morgan fingerprint density at radius 1 is 1.08 bits per heavy atom. The van der Waals surface area contributed by atoms with Gasteiger partial charge in [-0.05, 0) is 37.2 Å². The molecule has 1 aromatic carbocycles. The highest BCUT2D eigenvalue weighted by Gasteiger charge is 2.32. The quantitative estimate of drug-likeness (QED) is 0.175. The van der Waals surface area contributed by atoms with Gasteiger partial charge in [-0.3, -0.25) is 14.4 Å². The van der Waals surface area contributed by atoms with Crippen molar-refractivity contribution in [2.24, 2.45) is 11.8 Å². The third-order valence-electron chi connectivity index (χ3n) is 7.24. The number of amides is 1. The summed E-state index contributed by atoms with van der Waals surface area (Å²) < 4.78 is 0. The van der Waals surface area contributed by atoms with Crippen LogP contribution in [-0.4, -0.2) is 40.5 Å². The van der Waals surface area contributed by atoms with E-state index in [1.165, 1.54) is 0 Å². The SMILES string of the molecule is CCCCC[C@H](O)C=C[C@@H]1CCC(=O)[C@@H]1CCCCCCC(=O)NC[C@@H](CC(=O)O)c1ccccc1. The third-order valence-corrected chi connectivity index (χ3v) is 7.24. The van der Waals surface area contributed by atoms with Crippen molar-refractivity contribution in [3.63, 3.8) is 0 Å². The Bertz CT molecular complexity index is 822. The second kappa shape index (κ2) is 17.1. The summed E-state index contributed by atoms with van der Waals surface area (Å²) in [5.74, 6) is -0.506. The van der Waals surface area contributed by atoms with Gasteiger partial charge in [-0.25, -0.2) is 0 Å². The molecule has 0 spiro atoms. The van der Waals surface area contributed by atoms with Crippen molar-refractivity contribution in [3.8, 4) is 0 Å². The fraction of sp³-hybridized carbons (Fsp3) is 0.633. The van der Waals surface area contributed by atoms with Gasteiger partial charge < -0.3 is 15.5 Å². The first-order chi connectivity index (χ1) is 17.4. The molecule has 1 aliphatic rings. The number of benzene rings is 1. The number of carbonyl (C=O) groups is 3. The zero-order valence-corrected chi connectivity index (χ0v) is 21.9. The number of hydrogen-bond donors (Lipinski definition) is 3. The maximum absolute atomic E-state index is 12.4. The lowest BCUT2D eigenvalue weighted by molar-refractivity contribution is -0.137. The highest BCUT2D eigenvalue weighted by Crippen LogP contribution is 2.34. The van der Waals surface area contributed by atoms with Gasteiger partial charge in [-0.15, -0.1) is 0 Å². The first-order valence-corrected chi connectivity index (χ1v) is 13.8. The predicted molar refractivity (Wildman–Crippen MR) is 143 cm³/mol.